The molecule has 0 heterocycles. The summed E-state index contributed by atoms with van der Waals surface area (Å²) in [6.07, 6.45) is -2.78. The van der Waals surface area contributed by atoms with Crippen LogP contribution in [0.3, 0.4) is 0 Å². The molecule has 2 atom stereocenters. The van der Waals surface area contributed by atoms with Gasteiger partial charge in [-0.2, -0.15) is 0 Å². The second-order valence-corrected chi connectivity index (χ2v) is 8.36. The van der Waals surface area contributed by atoms with Crippen LogP contribution in [0.4, 0.5) is 4.79 Å². The summed E-state index contributed by atoms with van der Waals surface area (Å²) in [5.74, 6) is -0.502. The lowest BCUT2D eigenvalue weighted by molar-refractivity contribution is 0.00604. The maximum atomic E-state index is 12.1. The second-order valence-electron chi connectivity index (χ2n) is 8.36. The molecule has 7 heteroatoms. The minimum Gasteiger partial charge on any atom is -0.456 e. The molecule has 1 aromatic carbocycles. The average Bonchev–Trinajstić information content (AvgIpc) is 2.50. The summed E-state index contributed by atoms with van der Waals surface area (Å²) in [7, 11) is 0. The molecule has 0 aliphatic carbocycles. The van der Waals surface area contributed by atoms with E-state index in [0.717, 1.165) is 0 Å². The molecule has 1 aromatic rings. The maximum absolute atomic E-state index is 12.1. The molecule has 0 bridgehead atoms. The molecule has 0 aliphatic heterocycles. The highest BCUT2D eigenvalue weighted by Crippen LogP contribution is 2.21. The van der Waals surface area contributed by atoms with Crippen molar-refractivity contribution < 1.29 is 29.3 Å². The van der Waals surface area contributed by atoms with Crippen molar-refractivity contribution >= 4 is 12.1 Å². The van der Waals surface area contributed by atoms with E-state index in [1.165, 1.54) is 6.07 Å². The molecule has 1 rings (SSSR count). The first kappa shape index (κ1) is 22.9. The SMILES string of the molecule is CC(C)(C)OC(=O)NCCC(O)C(O)c1cccc(C(=O)OC(C)(C)C)c1. The van der Waals surface area contributed by atoms with E-state index in [9.17, 15) is 19.8 Å². The van der Waals surface area contributed by atoms with Gasteiger partial charge in [0.2, 0.25) is 0 Å². The molecule has 0 saturated heterocycles. The Hall–Kier alpha value is -2.12. The van der Waals surface area contributed by atoms with E-state index in [4.69, 9.17) is 9.47 Å². The predicted molar refractivity (Wildman–Crippen MR) is 101 cm³/mol. The van der Waals surface area contributed by atoms with E-state index in [0.29, 0.717) is 11.1 Å². The van der Waals surface area contributed by atoms with Crippen LogP contribution in [0.25, 0.3) is 0 Å². The third-order valence-electron chi connectivity index (χ3n) is 3.34. The van der Waals surface area contributed by atoms with Gasteiger partial charge in [-0.25, -0.2) is 9.59 Å². The lowest BCUT2D eigenvalue weighted by Crippen LogP contribution is -2.34. The molecule has 0 aromatic heterocycles. The Balaban J connectivity index is 2.63. The van der Waals surface area contributed by atoms with Gasteiger partial charge in [0.25, 0.3) is 0 Å². The van der Waals surface area contributed by atoms with Gasteiger partial charge < -0.3 is 25.0 Å². The zero-order chi connectivity index (χ0) is 20.8. The molecule has 27 heavy (non-hydrogen) atoms. The Labute approximate surface area is 160 Å². The molecule has 152 valence electrons. The molecule has 0 saturated carbocycles. The fourth-order valence-electron chi connectivity index (χ4n) is 2.20. The lowest BCUT2D eigenvalue weighted by Gasteiger charge is -2.22. The van der Waals surface area contributed by atoms with Gasteiger partial charge in [0, 0.05) is 6.54 Å². The number of aliphatic hydroxyl groups is 2. The van der Waals surface area contributed by atoms with Crippen molar-refractivity contribution in [3.63, 3.8) is 0 Å². The van der Waals surface area contributed by atoms with E-state index in [1.54, 1.807) is 59.7 Å². The van der Waals surface area contributed by atoms with Crippen molar-refractivity contribution in [2.45, 2.75) is 71.4 Å². The smallest absolute Gasteiger partial charge is 0.407 e. The summed E-state index contributed by atoms with van der Waals surface area (Å²) in [5, 5.41) is 23.0. The zero-order valence-electron chi connectivity index (χ0n) is 16.9. The van der Waals surface area contributed by atoms with Gasteiger partial charge in [-0.3, -0.25) is 0 Å². The van der Waals surface area contributed by atoms with Crippen LogP contribution >= 0.6 is 0 Å². The fraction of sp³-hybridized carbons (Fsp3) is 0.600. The largest absolute Gasteiger partial charge is 0.456 e. The van der Waals surface area contributed by atoms with E-state index >= 15 is 0 Å². The number of alkyl carbamates (subject to hydrolysis) is 1. The number of ether oxygens (including phenoxy) is 2. The zero-order valence-corrected chi connectivity index (χ0v) is 16.9. The Bertz CT molecular complexity index is 645. The highest BCUT2D eigenvalue weighted by Gasteiger charge is 2.22. The van der Waals surface area contributed by atoms with E-state index in [2.05, 4.69) is 5.32 Å². The van der Waals surface area contributed by atoms with Gasteiger partial charge >= 0.3 is 12.1 Å². The minimum absolute atomic E-state index is 0.122. The van der Waals surface area contributed by atoms with Crippen molar-refractivity contribution in [1.82, 2.24) is 5.32 Å². The van der Waals surface area contributed by atoms with Crippen molar-refractivity contribution in [3.05, 3.63) is 35.4 Å². The summed E-state index contributed by atoms with van der Waals surface area (Å²) in [5.41, 5.74) is -0.549. The number of hydrogen-bond acceptors (Lipinski definition) is 6. The van der Waals surface area contributed by atoms with Crippen LogP contribution in [0.1, 0.15) is 70.0 Å². The highest BCUT2D eigenvalue weighted by molar-refractivity contribution is 5.89. The van der Waals surface area contributed by atoms with Crippen LogP contribution in [0.5, 0.6) is 0 Å². The summed E-state index contributed by atoms with van der Waals surface area (Å²) < 4.78 is 10.4. The summed E-state index contributed by atoms with van der Waals surface area (Å²) in [6, 6.07) is 6.30. The Morgan fingerprint density at radius 3 is 2.19 bits per heavy atom. The minimum atomic E-state index is -1.20. The molecule has 0 aliphatic rings. The number of amides is 1. The van der Waals surface area contributed by atoms with Gasteiger partial charge in [-0.05, 0) is 65.7 Å². The van der Waals surface area contributed by atoms with Crippen LogP contribution in [-0.2, 0) is 9.47 Å². The molecule has 0 fully saturated rings. The first-order valence-corrected chi connectivity index (χ1v) is 8.95. The van der Waals surface area contributed by atoms with Gasteiger partial charge in [0.1, 0.15) is 17.3 Å². The first-order chi connectivity index (χ1) is 12.3. The monoisotopic (exact) mass is 381 g/mol. The lowest BCUT2D eigenvalue weighted by atomic mass is 10.00. The van der Waals surface area contributed by atoms with Crippen LogP contribution in [0.2, 0.25) is 0 Å². The number of carbonyl (C=O) groups excluding carboxylic acids is 2. The number of aliphatic hydroxyl groups excluding tert-OH is 2. The normalized spacial score (nSPS) is 14.2. The third kappa shape index (κ3) is 8.88. The van der Waals surface area contributed by atoms with Crippen molar-refractivity contribution in [2.75, 3.05) is 6.54 Å². The number of nitrogens with one attached hydrogen (secondary N) is 1. The van der Waals surface area contributed by atoms with Crippen molar-refractivity contribution in [2.24, 2.45) is 0 Å². The number of rotatable bonds is 6. The standard InChI is InChI=1S/C20H31NO6/c1-19(2,3)26-17(24)14-9-7-8-13(12-14)16(23)15(22)10-11-21-18(25)27-20(4,5)6/h7-9,12,15-16,22-23H,10-11H2,1-6H3,(H,21,25). The number of carbonyl (C=O) groups is 2. The quantitative estimate of drug-likeness (QED) is 0.654. The molecular formula is C20H31NO6. The average molecular weight is 381 g/mol. The molecule has 1 amide bonds. The van der Waals surface area contributed by atoms with Crippen LogP contribution in [0.15, 0.2) is 24.3 Å². The molecule has 2 unspecified atom stereocenters. The summed E-state index contributed by atoms with van der Waals surface area (Å²) in [6.45, 7) is 10.7. The van der Waals surface area contributed by atoms with Crippen LogP contribution in [-0.4, -0.2) is 46.1 Å². The van der Waals surface area contributed by atoms with Crippen molar-refractivity contribution in [1.29, 1.82) is 0 Å². The molecule has 0 spiro atoms. The molecule has 3 N–H and O–H groups in total. The Kier molecular flexibility index (Phi) is 7.80. The van der Waals surface area contributed by atoms with Gasteiger partial charge in [0.15, 0.2) is 0 Å². The van der Waals surface area contributed by atoms with Crippen LogP contribution in [0, 0.1) is 0 Å². The maximum Gasteiger partial charge on any atom is 0.407 e. The number of benzene rings is 1. The number of hydrogen-bond donors (Lipinski definition) is 3. The van der Waals surface area contributed by atoms with E-state index in [1.807, 2.05) is 0 Å². The van der Waals surface area contributed by atoms with Crippen LogP contribution < -0.4 is 5.32 Å². The topological polar surface area (TPSA) is 105 Å². The third-order valence-corrected chi connectivity index (χ3v) is 3.34. The Morgan fingerprint density at radius 1 is 1.04 bits per heavy atom. The highest BCUT2D eigenvalue weighted by atomic mass is 16.6. The first-order valence-electron chi connectivity index (χ1n) is 8.95. The fourth-order valence-corrected chi connectivity index (χ4v) is 2.20. The Morgan fingerprint density at radius 2 is 1.63 bits per heavy atom. The molecule has 7 nitrogen and oxygen atoms in total. The summed E-state index contributed by atoms with van der Waals surface area (Å²) in [4.78, 5) is 23.7. The van der Waals surface area contributed by atoms with Gasteiger partial charge in [0.05, 0.1) is 11.7 Å². The van der Waals surface area contributed by atoms with Gasteiger partial charge in [-0.1, -0.05) is 12.1 Å². The van der Waals surface area contributed by atoms with Crippen molar-refractivity contribution in [3.8, 4) is 0 Å². The van der Waals surface area contributed by atoms with E-state index in [-0.39, 0.29) is 13.0 Å². The van der Waals surface area contributed by atoms with E-state index < -0.39 is 35.5 Å². The summed E-state index contributed by atoms with van der Waals surface area (Å²) >= 11 is 0. The predicted octanol–water partition coefficient (Wildman–Crippen LogP) is 2.95. The number of esters is 1. The molecule has 0 radical (unpaired) electrons. The van der Waals surface area contributed by atoms with Gasteiger partial charge in [-0.15, -0.1) is 0 Å². The molecular weight excluding hydrogens is 350 g/mol. The second kappa shape index (κ2) is 9.19.